The van der Waals surface area contributed by atoms with E-state index in [0.29, 0.717) is 6.04 Å². The highest BCUT2D eigenvalue weighted by atomic mass is 15.3. The van der Waals surface area contributed by atoms with Gasteiger partial charge in [-0.15, -0.1) is 0 Å². The van der Waals surface area contributed by atoms with Crippen LogP contribution >= 0.6 is 0 Å². The van der Waals surface area contributed by atoms with Crippen molar-refractivity contribution in [2.75, 3.05) is 0 Å². The first-order chi connectivity index (χ1) is 4.81. The number of nitrogens with one attached hydrogen (secondary N) is 1. The van der Waals surface area contributed by atoms with Gasteiger partial charge in [0.25, 0.3) is 0 Å². The van der Waals surface area contributed by atoms with E-state index in [1.165, 1.54) is 6.42 Å². The first kappa shape index (κ1) is 9.47. The number of hydrazone groups is 1. The normalized spacial score (nSPS) is 13.9. The van der Waals surface area contributed by atoms with Gasteiger partial charge in [-0.05, 0) is 19.8 Å². The number of unbranched alkanes of at least 4 members (excludes halogenated alkanes) is 1. The smallest absolute Gasteiger partial charge is 0.0409 e. The number of hydrogen-bond donors (Lipinski definition) is 1. The largest absolute Gasteiger partial charge is 0.308 e. The maximum absolute atomic E-state index is 4.06. The summed E-state index contributed by atoms with van der Waals surface area (Å²) in [6.45, 7) is 6.42. The van der Waals surface area contributed by atoms with E-state index in [2.05, 4.69) is 31.3 Å². The van der Waals surface area contributed by atoms with E-state index < -0.39 is 0 Å². The standard InChI is InChI=1S/C8H18N2/c1-4-6-7-9-10-8(3)5-2/h7-8,10H,4-6H2,1-3H3/b9-7+. The fraction of sp³-hybridized carbons (Fsp3) is 0.875. The van der Waals surface area contributed by atoms with Gasteiger partial charge in [-0.25, -0.2) is 0 Å². The van der Waals surface area contributed by atoms with Crippen molar-refractivity contribution in [3.63, 3.8) is 0 Å². The second-order valence-electron chi connectivity index (χ2n) is 2.54. The molecule has 0 saturated carbocycles. The molecule has 0 aliphatic carbocycles. The molecule has 0 bridgehead atoms. The third-order valence-electron chi connectivity index (χ3n) is 1.42. The van der Waals surface area contributed by atoms with Gasteiger partial charge in [-0.1, -0.05) is 20.3 Å². The molecule has 60 valence electrons. The van der Waals surface area contributed by atoms with Gasteiger partial charge in [0, 0.05) is 12.3 Å². The maximum Gasteiger partial charge on any atom is 0.0409 e. The Bertz CT molecular complexity index is 89.3. The van der Waals surface area contributed by atoms with Crippen LogP contribution in [0.4, 0.5) is 0 Å². The quantitative estimate of drug-likeness (QED) is 0.461. The van der Waals surface area contributed by atoms with Crippen molar-refractivity contribution in [3.05, 3.63) is 0 Å². The minimum absolute atomic E-state index is 0.508. The predicted octanol–water partition coefficient (Wildman–Crippen LogP) is 2.16. The van der Waals surface area contributed by atoms with Crippen molar-refractivity contribution in [3.8, 4) is 0 Å². The zero-order chi connectivity index (χ0) is 7.82. The third-order valence-corrected chi connectivity index (χ3v) is 1.42. The molecule has 10 heavy (non-hydrogen) atoms. The molecule has 2 nitrogen and oxygen atoms in total. The van der Waals surface area contributed by atoms with Gasteiger partial charge in [0.15, 0.2) is 0 Å². The summed E-state index contributed by atoms with van der Waals surface area (Å²) in [7, 11) is 0. The SMILES string of the molecule is CCC/C=N/NC(C)CC. The molecule has 0 heterocycles. The third kappa shape index (κ3) is 5.60. The van der Waals surface area contributed by atoms with Gasteiger partial charge in [0.05, 0.1) is 0 Å². The Morgan fingerprint density at radius 3 is 2.70 bits per heavy atom. The molecule has 1 N–H and O–H groups in total. The summed E-state index contributed by atoms with van der Waals surface area (Å²) in [6.07, 6.45) is 5.31. The Hall–Kier alpha value is -0.530. The lowest BCUT2D eigenvalue weighted by molar-refractivity contribution is 0.558. The summed E-state index contributed by atoms with van der Waals surface area (Å²) in [5.74, 6) is 0. The maximum atomic E-state index is 4.06. The number of rotatable bonds is 5. The molecule has 0 aromatic heterocycles. The van der Waals surface area contributed by atoms with Gasteiger partial charge < -0.3 is 5.43 Å². The lowest BCUT2D eigenvalue weighted by Crippen LogP contribution is -2.18. The van der Waals surface area contributed by atoms with E-state index in [0.717, 1.165) is 12.8 Å². The zero-order valence-electron chi connectivity index (χ0n) is 7.22. The topological polar surface area (TPSA) is 24.4 Å². The van der Waals surface area contributed by atoms with E-state index in [9.17, 15) is 0 Å². The molecular formula is C8H18N2. The highest BCUT2D eigenvalue weighted by molar-refractivity contribution is 5.56. The highest BCUT2D eigenvalue weighted by Crippen LogP contribution is 1.86. The highest BCUT2D eigenvalue weighted by Gasteiger charge is 1.90. The Morgan fingerprint density at radius 2 is 2.20 bits per heavy atom. The van der Waals surface area contributed by atoms with E-state index in [1.54, 1.807) is 0 Å². The van der Waals surface area contributed by atoms with E-state index >= 15 is 0 Å². The van der Waals surface area contributed by atoms with Crippen LogP contribution in [-0.4, -0.2) is 12.3 Å². The monoisotopic (exact) mass is 142 g/mol. The van der Waals surface area contributed by atoms with Crippen LogP contribution in [0.2, 0.25) is 0 Å². The fourth-order valence-corrected chi connectivity index (χ4v) is 0.465. The van der Waals surface area contributed by atoms with E-state index in [1.807, 2.05) is 6.21 Å². The van der Waals surface area contributed by atoms with Crippen molar-refractivity contribution in [1.29, 1.82) is 0 Å². The molecule has 1 atom stereocenters. The molecule has 0 radical (unpaired) electrons. The Labute approximate surface area is 63.7 Å². The van der Waals surface area contributed by atoms with Gasteiger partial charge in [0.1, 0.15) is 0 Å². The van der Waals surface area contributed by atoms with Crippen LogP contribution in [0.15, 0.2) is 5.10 Å². The van der Waals surface area contributed by atoms with Crippen LogP contribution in [-0.2, 0) is 0 Å². The molecular weight excluding hydrogens is 124 g/mol. The molecule has 1 unspecified atom stereocenters. The van der Waals surface area contributed by atoms with Crippen LogP contribution in [0.1, 0.15) is 40.0 Å². The molecule has 0 aliphatic heterocycles. The van der Waals surface area contributed by atoms with Gasteiger partial charge in [-0.2, -0.15) is 5.10 Å². The summed E-state index contributed by atoms with van der Waals surface area (Å²) in [4.78, 5) is 0. The lowest BCUT2D eigenvalue weighted by Gasteiger charge is -2.05. The van der Waals surface area contributed by atoms with Crippen molar-refractivity contribution >= 4 is 6.21 Å². The van der Waals surface area contributed by atoms with Crippen molar-refractivity contribution in [1.82, 2.24) is 5.43 Å². The molecule has 0 aromatic rings. The lowest BCUT2D eigenvalue weighted by atomic mass is 10.3. The molecule has 0 saturated heterocycles. The Kier molecular flexibility index (Phi) is 6.24. The summed E-state index contributed by atoms with van der Waals surface area (Å²) >= 11 is 0. The first-order valence-corrected chi connectivity index (χ1v) is 4.08. The second kappa shape index (κ2) is 6.59. The summed E-state index contributed by atoms with van der Waals surface area (Å²) < 4.78 is 0. The van der Waals surface area contributed by atoms with Crippen LogP contribution in [0.3, 0.4) is 0 Å². The van der Waals surface area contributed by atoms with Gasteiger partial charge in [0.2, 0.25) is 0 Å². The molecule has 0 fully saturated rings. The fourth-order valence-electron chi connectivity index (χ4n) is 0.465. The molecule has 0 aromatic carbocycles. The van der Waals surface area contributed by atoms with E-state index in [-0.39, 0.29) is 0 Å². The Morgan fingerprint density at radius 1 is 1.50 bits per heavy atom. The van der Waals surface area contributed by atoms with Crippen molar-refractivity contribution < 1.29 is 0 Å². The summed E-state index contributed by atoms with van der Waals surface area (Å²) in [6, 6.07) is 0.508. The number of hydrogen-bond acceptors (Lipinski definition) is 2. The average molecular weight is 142 g/mol. The molecule has 0 amide bonds. The summed E-state index contributed by atoms with van der Waals surface area (Å²) in [5, 5.41) is 4.06. The van der Waals surface area contributed by atoms with Crippen LogP contribution in [0.25, 0.3) is 0 Å². The molecule has 2 heteroatoms. The zero-order valence-corrected chi connectivity index (χ0v) is 7.22. The number of nitrogens with zero attached hydrogens (tertiary/aromatic N) is 1. The Balaban J connectivity index is 3.16. The average Bonchev–Trinajstić information content (AvgIpc) is 1.98. The summed E-state index contributed by atoms with van der Waals surface area (Å²) in [5.41, 5.74) is 3.04. The van der Waals surface area contributed by atoms with Crippen molar-refractivity contribution in [2.45, 2.75) is 46.1 Å². The molecule has 0 spiro atoms. The first-order valence-electron chi connectivity index (χ1n) is 4.08. The predicted molar refractivity (Wildman–Crippen MR) is 46.3 cm³/mol. The van der Waals surface area contributed by atoms with Crippen LogP contribution in [0, 0.1) is 0 Å². The molecule has 0 aliphatic rings. The van der Waals surface area contributed by atoms with Crippen LogP contribution in [0.5, 0.6) is 0 Å². The van der Waals surface area contributed by atoms with E-state index in [4.69, 9.17) is 0 Å². The minimum atomic E-state index is 0.508. The second-order valence-corrected chi connectivity index (χ2v) is 2.54. The van der Waals surface area contributed by atoms with Gasteiger partial charge in [-0.3, -0.25) is 0 Å². The van der Waals surface area contributed by atoms with Crippen molar-refractivity contribution in [2.24, 2.45) is 5.10 Å². The van der Waals surface area contributed by atoms with Gasteiger partial charge >= 0.3 is 0 Å². The van der Waals surface area contributed by atoms with Crippen LogP contribution < -0.4 is 5.43 Å². The minimum Gasteiger partial charge on any atom is -0.308 e. The molecule has 0 rings (SSSR count).